The van der Waals surface area contributed by atoms with Crippen molar-refractivity contribution in [3.63, 3.8) is 0 Å². The van der Waals surface area contributed by atoms with Crippen LogP contribution in [-0.4, -0.2) is 26.0 Å². The predicted molar refractivity (Wildman–Crippen MR) is 65.7 cm³/mol. The van der Waals surface area contributed by atoms with E-state index in [1.807, 2.05) is 0 Å². The van der Waals surface area contributed by atoms with E-state index in [0.29, 0.717) is 5.82 Å². The fraction of sp³-hybridized carbons (Fsp3) is 0.0909. The zero-order valence-electron chi connectivity index (χ0n) is 8.99. The molecule has 90 valence electrons. The molecule has 1 amide bonds. The molecule has 3 heterocycles. The fourth-order valence-electron chi connectivity index (χ4n) is 1.79. The molecule has 3 rings (SSSR count). The average Bonchev–Trinajstić information content (AvgIpc) is 2.64. The lowest BCUT2D eigenvalue weighted by Gasteiger charge is -2.18. The van der Waals surface area contributed by atoms with E-state index in [1.165, 1.54) is 12.4 Å². The number of pyridine rings is 1. The van der Waals surface area contributed by atoms with Crippen LogP contribution < -0.4 is 4.90 Å². The summed E-state index contributed by atoms with van der Waals surface area (Å²) in [6.45, 7) is 0. The van der Waals surface area contributed by atoms with Crippen molar-refractivity contribution in [1.29, 1.82) is 0 Å². The molecule has 6 nitrogen and oxygen atoms in total. The van der Waals surface area contributed by atoms with E-state index in [2.05, 4.69) is 30.9 Å². The maximum atomic E-state index is 12.1. The van der Waals surface area contributed by atoms with Gasteiger partial charge in [-0.25, -0.2) is 9.97 Å². The van der Waals surface area contributed by atoms with Crippen molar-refractivity contribution in [2.75, 3.05) is 4.90 Å². The average molecular weight is 307 g/mol. The molecule has 1 N–H and O–H groups in total. The smallest absolute Gasteiger partial charge is 0.282 e. The molecule has 0 aromatic carbocycles. The van der Waals surface area contributed by atoms with Gasteiger partial charge in [-0.05, 0) is 28.1 Å². The Bertz CT molecular complexity index is 617. The summed E-state index contributed by atoms with van der Waals surface area (Å²) < 4.78 is 0.793. The summed E-state index contributed by atoms with van der Waals surface area (Å²) in [5.74, 6) is -0.0454. The summed E-state index contributed by atoms with van der Waals surface area (Å²) in [5, 5.41) is 10.1. The van der Waals surface area contributed by atoms with E-state index in [1.54, 1.807) is 18.3 Å². The summed E-state index contributed by atoms with van der Waals surface area (Å²) >= 11 is 3.26. The van der Waals surface area contributed by atoms with Crippen molar-refractivity contribution in [3.8, 4) is 0 Å². The Labute approximate surface area is 110 Å². The van der Waals surface area contributed by atoms with Gasteiger partial charge >= 0.3 is 0 Å². The van der Waals surface area contributed by atoms with Crippen LogP contribution in [0.5, 0.6) is 0 Å². The van der Waals surface area contributed by atoms with Crippen molar-refractivity contribution in [3.05, 3.63) is 46.6 Å². The second-order valence-electron chi connectivity index (χ2n) is 3.67. The molecular formula is C11H7BrN4O2. The minimum Gasteiger partial charge on any atom is -0.367 e. The van der Waals surface area contributed by atoms with Crippen molar-refractivity contribution in [2.24, 2.45) is 0 Å². The Kier molecular flexibility index (Phi) is 2.57. The lowest BCUT2D eigenvalue weighted by Crippen LogP contribution is -2.28. The molecule has 1 aliphatic rings. The number of aliphatic hydroxyl groups excluding tert-OH is 1. The number of hydrogen-bond donors (Lipinski definition) is 1. The van der Waals surface area contributed by atoms with Crippen LogP contribution in [0, 0.1) is 0 Å². The lowest BCUT2D eigenvalue weighted by atomic mass is 10.3. The topological polar surface area (TPSA) is 79.2 Å². The Balaban J connectivity index is 2.06. The minimum absolute atomic E-state index is 0.162. The number of rotatable bonds is 1. The monoisotopic (exact) mass is 306 g/mol. The van der Waals surface area contributed by atoms with Gasteiger partial charge in [0.1, 0.15) is 11.5 Å². The Morgan fingerprint density at radius 1 is 1.22 bits per heavy atom. The molecule has 0 fully saturated rings. The molecule has 0 bridgehead atoms. The molecular weight excluding hydrogens is 300 g/mol. The van der Waals surface area contributed by atoms with Crippen LogP contribution in [0.2, 0.25) is 0 Å². The lowest BCUT2D eigenvalue weighted by molar-refractivity contribution is 0.0929. The summed E-state index contributed by atoms with van der Waals surface area (Å²) in [4.78, 5) is 25.3. The van der Waals surface area contributed by atoms with Gasteiger partial charge in [0.15, 0.2) is 11.9 Å². The number of aromatic nitrogens is 3. The maximum Gasteiger partial charge on any atom is 0.282 e. The molecule has 2 aromatic rings. The van der Waals surface area contributed by atoms with Crippen molar-refractivity contribution < 1.29 is 9.90 Å². The summed E-state index contributed by atoms with van der Waals surface area (Å²) in [7, 11) is 0. The molecule has 0 spiro atoms. The first kappa shape index (κ1) is 11.2. The first-order chi connectivity index (χ1) is 8.68. The molecule has 0 radical (unpaired) electrons. The van der Waals surface area contributed by atoms with Gasteiger partial charge in [0.2, 0.25) is 0 Å². The Hall–Kier alpha value is -1.86. The Morgan fingerprint density at radius 3 is 2.67 bits per heavy atom. The largest absolute Gasteiger partial charge is 0.367 e. The van der Waals surface area contributed by atoms with Crippen LogP contribution in [0.4, 0.5) is 5.82 Å². The van der Waals surface area contributed by atoms with Gasteiger partial charge in [-0.15, -0.1) is 0 Å². The number of aliphatic hydroxyl groups is 1. The number of hydrogen-bond acceptors (Lipinski definition) is 5. The van der Waals surface area contributed by atoms with Gasteiger partial charge in [-0.3, -0.25) is 14.7 Å². The molecule has 1 unspecified atom stereocenters. The third kappa shape index (κ3) is 1.59. The zero-order valence-corrected chi connectivity index (χ0v) is 10.6. The molecule has 0 saturated carbocycles. The van der Waals surface area contributed by atoms with Crippen LogP contribution >= 0.6 is 15.9 Å². The first-order valence-corrected chi connectivity index (χ1v) is 5.92. The van der Waals surface area contributed by atoms with Crippen molar-refractivity contribution in [1.82, 2.24) is 15.0 Å². The van der Waals surface area contributed by atoms with E-state index in [-0.39, 0.29) is 11.4 Å². The highest BCUT2D eigenvalue weighted by molar-refractivity contribution is 9.10. The van der Waals surface area contributed by atoms with Crippen LogP contribution in [0.3, 0.4) is 0 Å². The summed E-state index contributed by atoms with van der Waals surface area (Å²) in [6, 6.07) is 3.38. The summed E-state index contributed by atoms with van der Waals surface area (Å²) in [6.07, 6.45) is 3.27. The number of fused-ring (bicyclic) bond motifs is 1. The summed E-state index contributed by atoms with van der Waals surface area (Å²) in [5.41, 5.74) is 0.418. The number of nitrogens with zero attached hydrogens (tertiary/aromatic N) is 4. The first-order valence-electron chi connectivity index (χ1n) is 5.12. The molecule has 2 aromatic heterocycles. The van der Waals surface area contributed by atoms with Gasteiger partial charge in [0, 0.05) is 23.1 Å². The van der Waals surface area contributed by atoms with Crippen molar-refractivity contribution in [2.45, 2.75) is 6.23 Å². The third-order valence-electron chi connectivity index (χ3n) is 2.60. The highest BCUT2D eigenvalue weighted by atomic mass is 79.9. The highest BCUT2D eigenvalue weighted by Crippen LogP contribution is 2.32. The van der Waals surface area contributed by atoms with E-state index in [4.69, 9.17) is 0 Å². The zero-order chi connectivity index (χ0) is 12.7. The van der Waals surface area contributed by atoms with E-state index >= 15 is 0 Å². The van der Waals surface area contributed by atoms with Gasteiger partial charge in [0.25, 0.3) is 5.91 Å². The van der Waals surface area contributed by atoms with Crippen LogP contribution in [0.25, 0.3) is 0 Å². The van der Waals surface area contributed by atoms with Crippen LogP contribution in [0.1, 0.15) is 22.4 Å². The third-order valence-corrected chi connectivity index (χ3v) is 3.06. The number of halogens is 1. The number of carbonyl (C=O) groups is 1. The normalized spacial score (nSPS) is 18.0. The number of amides is 1. The van der Waals surface area contributed by atoms with Gasteiger partial charge in [-0.1, -0.05) is 0 Å². The molecule has 1 aliphatic heterocycles. The molecule has 7 heteroatoms. The Morgan fingerprint density at radius 2 is 2.00 bits per heavy atom. The van der Waals surface area contributed by atoms with Gasteiger partial charge < -0.3 is 5.11 Å². The standard InChI is InChI=1S/C11H7BrN4O2/c12-6-1-2-7(15-5-6)16-10(17)8-9(11(16)18)14-4-3-13-8/h1-5,10,17H. The molecule has 18 heavy (non-hydrogen) atoms. The fourth-order valence-corrected chi connectivity index (χ4v) is 2.02. The predicted octanol–water partition coefficient (Wildman–Crippen LogP) is 1.29. The maximum absolute atomic E-state index is 12.1. The van der Waals surface area contributed by atoms with Crippen molar-refractivity contribution >= 4 is 27.7 Å². The number of carbonyl (C=O) groups excluding carboxylic acids is 1. The number of anilines is 1. The molecule has 0 saturated heterocycles. The SMILES string of the molecule is O=C1c2nccnc2C(O)N1c1ccc(Br)cn1. The van der Waals surface area contributed by atoms with E-state index in [9.17, 15) is 9.90 Å². The van der Waals surface area contributed by atoms with Gasteiger partial charge in [0.05, 0.1) is 0 Å². The molecule has 1 atom stereocenters. The second kappa shape index (κ2) is 4.11. The molecule has 0 aliphatic carbocycles. The van der Waals surface area contributed by atoms with Gasteiger partial charge in [-0.2, -0.15) is 0 Å². The minimum atomic E-state index is -1.14. The highest BCUT2D eigenvalue weighted by Gasteiger charge is 2.39. The van der Waals surface area contributed by atoms with Crippen LogP contribution in [-0.2, 0) is 0 Å². The van der Waals surface area contributed by atoms with E-state index < -0.39 is 12.1 Å². The quantitative estimate of drug-likeness (QED) is 0.858. The van der Waals surface area contributed by atoms with E-state index in [0.717, 1.165) is 9.37 Å². The second-order valence-corrected chi connectivity index (χ2v) is 4.59. The van der Waals surface area contributed by atoms with Crippen LogP contribution in [0.15, 0.2) is 35.2 Å².